The van der Waals surface area contributed by atoms with Gasteiger partial charge in [-0.2, -0.15) is 5.10 Å². The lowest BCUT2D eigenvalue weighted by atomic mass is 10.1. The zero-order valence-electron chi connectivity index (χ0n) is 11.5. The van der Waals surface area contributed by atoms with Crippen molar-refractivity contribution in [2.24, 2.45) is 0 Å². The highest BCUT2D eigenvalue weighted by Crippen LogP contribution is 2.20. The van der Waals surface area contributed by atoms with E-state index in [4.69, 9.17) is 0 Å². The van der Waals surface area contributed by atoms with E-state index < -0.39 is 0 Å². The molecular weight excluding hydrogens is 224 g/mol. The summed E-state index contributed by atoms with van der Waals surface area (Å²) in [4.78, 5) is 4.19. The minimum atomic E-state index is 0.795. The van der Waals surface area contributed by atoms with Crippen molar-refractivity contribution in [3.8, 4) is 5.69 Å². The summed E-state index contributed by atoms with van der Waals surface area (Å²) in [5.41, 5.74) is 5.94. The summed E-state index contributed by atoms with van der Waals surface area (Å²) in [6.07, 6.45) is 4.73. The monoisotopic (exact) mass is 244 g/mol. The van der Waals surface area contributed by atoms with Crippen LogP contribution in [0.25, 0.3) is 5.69 Å². The number of nitrogens with zero attached hydrogens (tertiary/aromatic N) is 3. The Balaban J connectivity index is 2.55. The van der Waals surface area contributed by atoms with Crippen molar-refractivity contribution in [2.45, 2.75) is 33.7 Å². The van der Waals surface area contributed by atoms with Gasteiger partial charge in [0.15, 0.2) is 0 Å². The highest BCUT2D eigenvalue weighted by molar-refractivity contribution is 5.42. The van der Waals surface area contributed by atoms with Crippen LogP contribution in [-0.2, 0) is 13.0 Å². The van der Waals surface area contributed by atoms with Gasteiger partial charge in [-0.05, 0) is 38.9 Å². The third-order valence-electron chi connectivity index (χ3n) is 3.27. The van der Waals surface area contributed by atoms with E-state index in [0.29, 0.717) is 0 Å². The highest BCUT2D eigenvalue weighted by atomic mass is 15.3. The third kappa shape index (κ3) is 2.16. The Hall–Kier alpha value is -1.68. The third-order valence-corrected chi connectivity index (χ3v) is 3.27. The van der Waals surface area contributed by atoms with Crippen LogP contribution in [0.5, 0.6) is 0 Å². The molecule has 0 saturated carbocycles. The first-order valence-corrected chi connectivity index (χ1v) is 6.32. The molecule has 2 heterocycles. The van der Waals surface area contributed by atoms with E-state index in [1.165, 1.54) is 11.3 Å². The first-order valence-electron chi connectivity index (χ1n) is 6.32. The van der Waals surface area contributed by atoms with E-state index >= 15 is 0 Å². The Morgan fingerprint density at radius 3 is 2.72 bits per heavy atom. The van der Waals surface area contributed by atoms with E-state index in [0.717, 1.165) is 29.9 Å². The van der Waals surface area contributed by atoms with Gasteiger partial charge in [0.2, 0.25) is 0 Å². The normalized spacial score (nSPS) is 10.9. The summed E-state index contributed by atoms with van der Waals surface area (Å²) in [5, 5.41) is 7.82. The van der Waals surface area contributed by atoms with Gasteiger partial charge in [0, 0.05) is 30.2 Å². The number of aromatic nitrogens is 3. The molecule has 4 nitrogen and oxygen atoms in total. The van der Waals surface area contributed by atoms with E-state index in [1.54, 1.807) is 0 Å². The Labute approximate surface area is 108 Å². The smallest absolute Gasteiger partial charge is 0.0724 e. The van der Waals surface area contributed by atoms with E-state index in [9.17, 15) is 0 Å². The largest absolute Gasteiger partial charge is 0.316 e. The molecule has 1 N–H and O–H groups in total. The van der Waals surface area contributed by atoms with Crippen molar-refractivity contribution in [3.63, 3.8) is 0 Å². The number of hydrogen-bond donors (Lipinski definition) is 1. The second-order valence-corrected chi connectivity index (χ2v) is 4.45. The van der Waals surface area contributed by atoms with Crippen molar-refractivity contribution in [3.05, 3.63) is 41.0 Å². The summed E-state index contributed by atoms with van der Waals surface area (Å²) in [5.74, 6) is 0. The fourth-order valence-electron chi connectivity index (χ4n) is 2.37. The summed E-state index contributed by atoms with van der Waals surface area (Å²) in [6, 6.07) is 2.02. The lowest BCUT2D eigenvalue weighted by Crippen LogP contribution is -2.11. The molecule has 0 fully saturated rings. The van der Waals surface area contributed by atoms with Crippen LogP contribution in [0.15, 0.2) is 18.5 Å². The van der Waals surface area contributed by atoms with Gasteiger partial charge in [0.25, 0.3) is 0 Å². The van der Waals surface area contributed by atoms with Gasteiger partial charge < -0.3 is 5.32 Å². The van der Waals surface area contributed by atoms with Gasteiger partial charge in [-0.25, -0.2) is 4.68 Å². The van der Waals surface area contributed by atoms with Crippen LogP contribution >= 0.6 is 0 Å². The Morgan fingerprint density at radius 2 is 2.11 bits per heavy atom. The first kappa shape index (κ1) is 12.8. The summed E-state index contributed by atoms with van der Waals surface area (Å²) in [7, 11) is 1.94. The molecular formula is C14H20N4. The van der Waals surface area contributed by atoms with Crippen LogP contribution in [0.2, 0.25) is 0 Å². The van der Waals surface area contributed by atoms with Crippen molar-refractivity contribution < 1.29 is 0 Å². The van der Waals surface area contributed by atoms with Crippen molar-refractivity contribution in [1.29, 1.82) is 0 Å². The molecule has 0 radical (unpaired) electrons. The van der Waals surface area contributed by atoms with Crippen LogP contribution in [0.1, 0.15) is 29.4 Å². The molecule has 0 aliphatic rings. The Kier molecular flexibility index (Phi) is 3.77. The van der Waals surface area contributed by atoms with Crippen molar-refractivity contribution in [1.82, 2.24) is 20.1 Å². The number of hydrogen-bond acceptors (Lipinski definition) is 3. The standard InChI is InChI=1S/C14H20N4/c1-5-13-10(2)17-18(11(13)3)14-6-7-16-9-12(14)8-15-4/h6-7,9,15H,5,8H2,1-4H3. The zero-order chi connectivity index (χ0) is 13.1. The molecule has 4 heteroatoms. The highest BCUT2D eigenvalue weighted by Gasteiger charge is 2.13. The Bertz CT molecular complexity index is 543. The molecule has 2 rings (SSSR count). The van der Waals surface area contributed by atoms with Crippen LogP contribution in [0, 0.1) is 13.8 Å². The molecule has 0 spiro atoms. The minimum Gasteiger partial charge on any atom is -0.316 e. The lowest BCUT2D eigenvalue weighted by Gasteiger charge is -2.10. The maximum Gasteiger partial charge on any atom is 0.0724 e. The number of nitrogens with one attached hydrogen (secondary N) is 1. The van der Waals surface area contributed by atoms with Gasteiger partial charge in [-0.15, -0.1) is 0 Å². The van der Waals surface area contributed by atoms with Crippen molar-refractivity contribution in [2.75, 3.05) is 7.05 Å². The van der Waals surface area contributed by atoms with Crippen molar-refractivity contribution >= 4 is 0 Å². The molecule has 0 bridgehead atoms. The average molecular weight is 244 g/mol. The molecule has 2 aromatic rings. The molecule has 0 aromatic carbocycles. The SMILES string of the molecule is CCc1c(C)nn(-c2ccncc2CNC)c1C. The topological polar surface area (TPSA) is 42.7 Å². The van der Waals surface area contributed by atoms with Gasteiger partial charge in [-0.3, -0.25) is 4.98 Å². The minimum absolute atomic E-state index is 0.795. The first-order chi connectivity index (χ1) is 8.69. The summed E-state index contributed by atoms with van der Waals surface area (Å²) in [6.45, 7) is 7.16. The molecule has 0 amide bonds. The van der Waals surface area contributed by atoms with Gasteiger partial charge in [0.1, 0.15) is 0 Å². The molecule has 0 aliphatic carbocycles. The van der Waals surface area contributed by atoms with E-state index in [-0.39, 0.29) is 0 Å². The van der Waals surface area contributed by atoms with Crippen LogP contribution < -0.4 is 5.32 Å². The van der Waals surface area contributed by atoms with Gasteiger partial charge in [0.05, 0.1) is 11.4 Å². The van der Waals surface area contributed by atoms with E-state index in [1.807, 2.05) is 30.2 Å². The van der Waals surface area contributed by atoms with Gasteiger partial charge >= 0.3 is 0 Å². The molecule has 2 aromatic heterocycles. The molecule has 0 aliphatic heterocycles. The zero-order valence-corrected chi connectivity index (χ0v) is 11.5. The molecule has 0 unspecified atom stereocenters. The molecule has 0 atom stereocenters. The predicted octanol–water partition coefficient (Wildman–Crippen LogP) is 2.17. The summed E-state index contributed by atoms with van der Waals surface area (Å²) >= 11 is 0. The molecule has 96 valence electrons. The Morgan fingerprint density at radius 1 is 1.33 bits per heavy atom. The van der Waals surface area contributed by atoms with Crippen LogP contribution in [0.4, 0.5) is 0 Å². The average Bonchev–Trinajstić information content (AvgIpc) is 2.65. The second-order valence-electron chi connectivity index (χ2n) is 4.45. The fraction of sp³-hybridized carbons (Fsp3) is 0.429. The molecule has 0 saturated heterocycles. The molecule has 18 heavy (non-hydrogen) atoms. The maximum atomic E-state index is 4.66. The number of pyridine rings is 1. The number of rotatable bonds is 4. The second kappa shape index (κ2) is 5.31. The lowest BCUT2D eigenvalue weighted by molar-refractivity contribution is 0.770. The fourth-order valence-corrected chi connectivity index (χ4v) is 2.37. The predicted molar refractivity (Wildman–Crippen MR) is 73.0 cm³/mol. The van der Waals surface area contributed by atoms with Gasteiger partial charge in [-0.1, -0.05) is 6.92 Å². The van der Waals surface area contributed by atoms with Crippen LogP contribution in [0.3, 0.4) is 0 Å². The quantitative estimate of drug-likeness (QED) is 0.896. The summed E-state index contributed by atoms with van der Waals surface area (Å²) < 4.78 is 2.03. The number of aryl methyl sites for hydroxylation is 1. The maximum absolute atomic E-state index is 4.66. The van der Waals surface area contributed by atoms with Crippen LogP contribution in [-0.4, -0.2) is 21.8 Å². The van der Waals surface area contributed by atoms with E-state index in [2.05, 4.69) is 36.2 Å².